The molecule has 1 aromatic carbocycles. The van der Waals surface area contributed by atoms with Crippen LogP contribution in [0.2, 0.25) is 0 Å². The highest BCUT2D eigenvalue weighted by molar-refractivity contribution is 5.91. The number of nitrogens with zero attached hydrogens (tertiary/aromatic N) is 1. The Morgan fingerprint density at radius 3 is 2.27 bits per heavy atom. The minimum absolute atomic E-state index is 0.0155. The van der Waals surface area contributed by atoms with Crippen LogP contribution in [-0.2, 0) is 4.79 Å². The van der Waals surface area contributed by atoms with Crippen LogP contribution in [0.15, 0.2) is 29.4 Å². The molecule has 4 nitrogen and oxygen atoms in total. The van der Waals surface area contributed by atoms with Gasteiger partial charge in [-0.05, 0) is 140 Å². The largest absolute Gasteiger partial charge is 0.481 e. The molecule has 5 aliphatic rings. The molecule has 0 heterocycles. The minimum atomic E-state index is -0.509. The molecule has 0 radical (unpaired) electrons. The Kier molecular flexibility index (Phi) is 6.79. The third-order valence-corrected chi connectivity index (χ3v) is 14.7. The summed E-state index contributed by atoms with van der Waals surface area (Å²) >= 11 is 0. The van der Waals surface area contributed by atoms with Crippen molar-refractivity contribution in [3.05, 3.63) is 30.1 Å². The molecule has 5 saturated carbocycles. The van der Waals surface area contributed by atoms with E-state index in [2.05, 4.69) is 53.9 Å². The maximum Gasteiger partial charge on any atom is 0.309 e. The smallest absolute Gasteiger partial charge is 0.309 e. The molecule has 41 heavy (non-hydrogen) atoms. The van der Waals surface area contributed by atoms with Crippen molar-refractivity contribution in [2.75, 3.05) is 5.43 Å². The molecule has 5 aliphatic carbocycles. The van der Waals surface area contributed by atoms with Crippen LogP contribution in [-0.4, -0.2) is 16.8 Å². The van der Waals surface area contributed by atoms with Gasteiger partial charge in [-0.25, -0.2) is 4.39 Å². The first-order chi connectivity index (χ1) is 19.2. The first-order valence-electron chi connectivity index (χ1n) is 16.5. The highest BCUT2D eigenvalue weighted by Crippen LogP contribution is 2.77. The highest BCUT2D eigenvalue weighted by atomic mass is 19.1. The average molecular weight is 565 g/mol. The number of benzene rings is 1. The Bertz CT molecular complexity index is 1220. The third kappa shape index (κ3) is 3.95. The second kappa shape index (κ2) is 9.55. The quantitative estimate of drug-likeness (QED) is 0.358. The first-order valence-corrected chi connectivity index (χ1v) is 16.5. The van der Waals surface area contributed by atoms with Crippen LogP contribution in [0.25, 0.3) is 0 Å². The maximum atomic E-state index is 13.4. The number of hydrazone groups is 1. The van der Waals surface area contributed by atoms with Gasteiger partial charge < -0.3 is 5.11 Å². The molecule has 0 spiro atoms. The predicted molar refractivity (Wildman–Crippen MR) is 164 cm³/mol. The van der Waals surface area contributed by atoms with Crippen LogP contribution < -0.4 is 5.43 Å². The molecular formula is C36H53FN2O2. The van der Waals surface area contributed by atoms with Crippen LogP contribution in [0.1, 0.15) is 113 Å². The second-order valence-electron chi connectivity index (χ2n) is 16.5. The van der Waals surface area contributed by atoms with Gasteiger partial charge in [-0.1, -0.05) is 48.5 Å². The van der Waals surface area contributed by atoms with Gasteiger partial charge in [0.25, 0.3) is 0 Å². The van der Waals surface area contributed by atoms with E-state index in [0.717, 1.165) is 44.2 Å². The standard InChI is InChI=1S/C36H53FN2O2/c1-22(2)25-14-19-36(31(40)41)21-20-34(6)26(30(25)36)12-13-28-33(5)17-16-29(39-38-24-10-8-23(37)9-11-24)32(3,4)27(33)15-18-35(28,34)7/h8-11,22,25-28,30,38H,12-21H2,1-7H3,(H,40,41)/b39-29+/t25-,26?,27?,28?,30?,33-,34+,35+,36-/m0/s1. The van der Waals surface area contributed by atoms with Gasteiger partial charge in [-0.3, -0.25) is 10.2 Å². The number of halogens is 1. The summed E-state index contributed by atoms with van der Waals surface area (Å²) in [5.41, 5.74) is 5.44. The van der Waals surface area contributed by atoms with Crippen LogP contribution >= 0.6 is 0 Å². The van der Waals surface area contributed by atoms with Crippen molar-refractivity contribution in [3.63, 3.8) is 0 Å². The molecular weight excluding hydrogens is 511 g/mol. The lowest BCUT2D eigenvalue weighted by molar-refractivity contribution is -0.232. The van der Waals surface area contributed by atoms with Gasteiger partial charge >= 0.3 is 5.97 Å². The number of hydrogen-bond acceptors (Lipinski definition) is 3. The van der Waals surface area contributed by atoms with E-state index in [1.54, 1.807) is 12.1 Å². The zero-order valence-corrected chi connectivity index (χ0v) is 26.5. The molecule has 0 saturated heterocycles. The Morgan fingerprint density at radius 1 is 0.902 bits per heavy atom. The first kappa shape index (κ1) is 29.2. The van der Waals surface area contributed by atoms with Crippen molar-refractivity contribution in [1.82, 2.24) is 0 Å². The molecule has 5 heteroatoms. The van der Waals surface area contributed by atoms with E-state index in [1.165, 1.54) is 43.5 Å². The number of carbonyl (C=O) groups is 1. The summed E-state index contributed by atoms with van der Waals surface area (Å²) in [4.78, 5) is 12.9. The Morgan fingerprint density at radius 2 is 1.61 bits per heavy atom. The van der Waals surface area contributed by atoms with Crippen LogP contribution in [0.3, 0.4) is 0 Å². The SMILES string of the molecule is CC(C)[C@@H]1CC[C@]2(C(=O)O)CC[C@]3(C)C(CCC4[C@@]5(C)CC/C(=N\Nc6ccc(F)cc6)C(C)(C)C5CC[C@]43C)C12. The molecule has 6 rings (SSSR count). The van der Waals surface area contributed by atoms with Gasteiger partial charge in [-0.2, -0.15) is 5.10 Å². The summed E-state index contributed by atoms with van der Waals surface area (Å²) in [5, 5.41) is 15.6. The number of aliphatic carboxylic acids is 1. The van der Waals surface area contributed by atoms with Gasteiger partial charge in [0, 0.05) is 11.1 Å². The lowest BCUT2D eigenvalue weighted by Gasteiger charge is -2.72. The summed E-state index contributed by atoms with van der Waals surface area (Å²) < 4.78 is 13.4. The molecule has 4 unspecified atom stereocenters. The summed E-state index contributed by atoms with van der Waals surface area (Å²) in [6.45, 7) is 17.3. The fourth-order valence-corrected chi connectivity index (χ4v) is 12.4. The van der Waals surface area contributed by atoms with Crippen molar-refractivity contribution in [2.45, 2.75) is 113 Å². The molecule has 0 aliphatic heterocycles. The van der Waals surface area contributed by atoms with E-state index < -0.39 is 11.4 Å². The zero-order chi connectivity index (χ0) is 29.6. The fourth-order valence-electron chi connectivity index (χ4n) is 12.4. The van der Waals surface area contributed by atoms with E-state index in [1.807, 2.05) is 0 Å². The van der Waals surface area contributed by atoms with Crippen molar-refractivity contribution in [2.24, 2.45) is 67.7 Å². The summed E-state index contributed by atoms with van der Waals surface area (Å²) in [5.74, 6) is 2.38. The Hall–Kier alpha value is -1.91. The van der Waals surface area contributed by atoms with E-state index in [9.17, 15) is 14.3 Å². The van der Waals surface area contributed by atoms with Gasteiger partial charge in [0.05, 0.1) is 11.1 Å². The number of hydrogen-bond donors (Lipinski definition) is 2. The normalized spacial score (nSPS) is 45.9. The van der Waals surface area contributed by atoms with E-state index in [0.29, 0.717) is 35.5 Å². The predicted octanol–water partition coefficient (Wildman–Crippen LogP) is 9.42. The van der Waals surface area contributed by atoms with Crippen molar-refractivity contribution in [3.8, 4) is 0 Å². The number of carboxylic acids is 1. The van der Waals surface area contributed by atoms with Gasteiger partial charge in [0.1, 0.15) is 5.82 Å². The van der Waals surface area contributed by atoms with Gasteiger partial charge in [0.2, 0.25) is 0 Å². The Balaban J connectivity index is 1.31. The highest BCUT2D eigenvalue weighted by Gasteiger charge is 2.72. The van der Waals surface area contributed by atoms with E-state index >= 15 is 0 Å². The van der Waals surface area contributed by atoms with Crippen molar-refractivity contribution in [1.29, 1.82) is 0 Å². The number of carboxylic acid groups (broad SMARTS) is 1. The summed E-state index contributed by atoms with van der Waals surface area (Å²) in [6, 6.07) is 6.46. The Labute approximate surface area is 247 Å². The van der Waals surface area contributed by atoms with E-state index in [4.69, 9.17) is 5.10 Å². The number of rotatable bonds is 4. The lowest BCUT2D eigenvalue weighted by atomic mass is 9.32. The maximum absolute atomic E-state index is 13.4. The molecule has 1 aromatic rings. The zero-order valence-electron chi connectivity index (χ0n) is 26.5. The monoisotopic (exact) mass is 564 g/mol. The molecule has 9 atom stereocenters. The molecule has 226 valence electrons. The summed E-state index contributed by atoms with van der Waals surface area (Å²) in [7, 11) is 0. The number of anilines is 1. The minimum Gasteiger partial charge on any atom is -0.481 e. The fraction of sp³-hybridized carbons (Fsp3) is 0.778. The van der Waals surface area contributed by atoms with Gasteiger partial charge in [0.15, 0.2) is 0 Å². The van der Waals surface area contributed by atoms with Crippen LogP contribution in [0, 0.1) is 68.4 Å². The molecule has 0 amide bonds. The third-order valence-electron chi connectivity index (χ3n) is 14.7. The topological polar surface area (TPSA) is 61.7 Å². The molecule has 5 fully saturated rings. The van der Waals surface area contributed by atoms with Crippen molar-refractivity contribution < 1.29 is 14.3 Å². The molecule has 2 N–H and O–H groups in total. The lowest BCUT2D eigenvalue weighted by Crippen LogP contribution is -2.66. The number of fused-ring (bicyclic) bond motifs is 7. The molecule has 0 aromatic heterocycles. The second-order valence-corrected chi connectivity index (χ2v) is 16.5. The summed E-state index contributed by atoms with van der Waals surface area (Å²) in [6.07, 6.45) is 10.9. The van der Waals surface area contributed by atoms with E-state index in [-0.39, 0.29) is 27.5 Å². The molecule has 0 bridgehead atoms. The van der Waals surface area contributed by atoms with Gasteiger partial charge in [-0.15, -0.1) is 0 Å². The van der Waals surface area contributed by atoms with Crippen LogP contribution in [0.5, 0.6) is 0 Å². The number of nitrogens with one attached hydrogen (secondary N) is 1. The van der Waals surface area contributed by atoms with Crippen molar-refractivity contribution >= 4 is 17.4 Å². The van der Waals surface area contributed by atoms with Crippen LogP contribution in [0.4, 0.5) is 10.1 Å². The average Bonchev–Trinajstić information content (AvgIpc) is 3.31.